The van der Waals surface area contributed by atoms with Gasteiger partial charge in [-0.25, -0.2) is 0 Å². The van der Waals surface area contributed by atoms with Crippen LogP contribution in [-0.4, -0.2) is 53.6 Å². The third-order valence-electron chi connectivity index (χ3n) is 2.92. The van der Waals surface area contributed by atoms with E-state index in [9.17, 15) is 14.4 Å². The predicted molar refractivity (Wildman–Crippen MR) is 72.5 cm³/mol. The average molecular weight is 301 g/mol. The summed E-state index contributed by atoms with van der Waals surface area (Å²) in [7, 11) is 0. The molecule has 1 aliphatic rings. The summed E-state index contributed by atoms with van der Waals surface area (Å²) in [6.45, 7) is 2.27. The van der Waals surface area contributed by atoms with Gasteiger partial charge in [-0.1, -0.05) is 11.6 Å². The van der Waals surface area contributed by atoms with Crippen LogP contribution in [0.15, 0.2) is 12.1 Å². The number of halogens is 1. The molecule has 0 bridgehead atoms. The van der Waals surface area contributed by atoms with Crippen molar-refractivity contribution < 1.29 is 14.4 Å². The zero-order valence-electron chi connectivity index (χ0n) is 10.4. The first kappa shape index (κ1) is 14.0. The Morgan fingerprint density at radius 1 is 1.26 bits per heavy atom. The summed E-state index contributed by atoms with van der Waals surface area (Å²) in [6, 6.07) is 3.27. The Kier molecular flexibility index (Phi) is 4.21. The van der Waals surface area contributed by atoms with Crippen molar-refractivity contribution in [3.8, 4) is 0 Å². The molecule has 1 saturated heterocycles. The number of piperazine rings is 1. The van der Waals surface area contributed by atoms with Gasteiger partial charge in [0.25, 0.3) is 0 Å². The number of carbonyl (C=O) groups is 3. The molecule has 1 aromatic heterocycles. The molecule has 0 spiro atoms. The Morgan fingerprint density at radius 2 is 1.89 bits per heavy atom. The molecule has 0 atom stereocenters. The van der Waals surface area contributed by atoms with Gasteiger partial charge < -0.3 is 9.80 Å². The van der Waals surface area contributed by atoms with Crippen molar-refractivity contribution in [2.45, 2.75) is 6.92 Å². The van der Waals surface area contributed by atoms with Gasteiger partial charge in [-0.15, -0.1) is 11.3 Å². The van der Waals surface area contributed by atoms with Gasteiger partial charge in [0.15, 0.2) is 5.78 Å². The Bertz CT molecular complexity index is 529. The lowest BCUT2D eigenvalue weighted by molar-refractivity contribution is -0.149. The fourth-order valence-corrected chi connectivity index (χ4v) is 2.82. The minimum Gasteiger partial charge on any atom is -0.332 e. The molecule has 2 amide bonds. The molecule has 0 unspecified atom stereocenters. The quantitative estimate of drug-likeness (QED) is 0.787. The Balaban J connectivity index is 2.01. The maximum Gasteiger partial charge on any atom is 0.243 e. The van der Waals surface area contributed by atoms with Gasteiger partial charge in [-0.2, -0.15) is 0 Å². The highest BCUT2D eigenvalue weighted by atomic mass is 35.5. The standard InChI is InChI=1S/C12H13ClN2O3S/c1-2-14-6-12(18)15(7-11(14)17)5-8(16)9-3-4-10(13)19-9/h3-4H,2,5-7H2,1H3. The molecule has 7 heteroatoms. The van der Waals surface area contributed by atoms with Crippen molar-refractivity contribution in [3.63, 3.8) is 0 Å². The van der Waals surface area contributed by atoms with Crippen LogP contribution >= 0.6 is 22.9 Å². The van der Waals surface area contributed by atoms with Crippen molar-refractivity contribution in [2.24, 2.45) is 0 Å². The monoisotopic (exact) mass is 300 g/mol. The van der Waals surface area contributed by atoms with Crippen molar-refractivity contribution >= 4 is 40.5 Å². The molecular formula is C12H13ClN2O3S. The van der Waals surface area contributed by atoms with Crippen LogP contribution in [0.1, 0.15) is 16.6 Å². The molecule has 0 radical (unpaired) electrons. The fraction of sp³-hybridized carbons (Fsp3) is 0.417. The van der Waals surface area contributed by atoms with Gasteiger partial charge in [0.05, 0.1) is 22.3 Å². The Labute approximate surface area is 119 Å². The number of Topliss-reactive ketones (excluding diaryl/α,β-unsaturated/α-hetero) is 1. The lowest BCUT2D eigenvalue weighted by atomic mass is 10.2. The summed E-state index contributed by atoms with van der Waals surface area (Å²) in [5.74, 6) is -0.514. The third-order valence-corrected chi connectivity index (χ3v) is 4.19. The predicted octanol–water partition coefficient (Wildman–Crippen LogP) is 1.27. The van der Waals surface area contributed by atoms with Gasteiger partial charge in [0.2, 0.25) is 11.8 Å². The normalized spacial score (nSPS) is 16.1. The van der Waals surface area contributed by atoms with E-state index in [2.05, 4.69) is 0 Å². The van der Waals surface area contributed by atoms with E-state index in [1.807, 2.05) is 6.92 Å². The smallest absolute Gasteiger partial charge is 0.243 e. The van der Waals surface area contributed by atoms with Crippen LogP contribution in [-0.2, 0) is 9.59 Å². The minimum atomic E-state index is -0.197. The molecule has 2 heterocycles. The van der Waals surface area contributed by atoms with Crippen molar-refractivity contribution in [2.75, 3.05) is 26.2 Å². The summed E-state index contributed by atoms with van der Waals surface area (Å²) in [6.07, 6.45) is 0. The van der Waals surface area contributed by atoms with Gasteiger partial charge in [-0.05, 0) is 19.1 Å². The number of rotatable bonds is 4. The zero-order chi connectivity index (χ0) is 14.0. The summed E-state index contributed by atoms with van der Waals surface area (Å²) in [5, 5.41) is 0. The number of likely N-dealkylation sites (N-methyl/N-ethyl adjacent to an activating group) is 1. The lowest BCUT2D eigenvalue weighted by Crippen LogP contribution is -2.54. The first-order valence-electron chi connectivity index (χ1n) is 5.85. The van der Waals surface area contributed by atoms with Crippen LogP contribution in [0.3, 0.4) is 0 Å². The SMILES string of the molecule is CCN1CC(=O)N(CC(=O)c2ccc(Cl)s2)CC1=O. The van der Waals surface area contributed by atoms with Crippen LogP contribution in [0.5, 0.6) is 0 Å². The van der Waals surface area contributed by atoms with E-state index in [0.717, 1.165) is 0 Å². The maximum absolute atomic E-state index is 12.0. The highest BCUT2D eigenvalue weighted by molar-refractivity contribution is 7.18. The Hall–Kier alpha value is -1.40. The van der Waals surface area contributed by atoms with Gasteiger partial charge >= 0.3 is 0 Å². The number of thiophene rings is 1. The van der Waals surface area contributed by atoms with E-state index >= 15 is 0 Å². The number of nitrogens with zero attached hydrogens (tertiary/aromatic N) is 2. The molecule has 0 aliphatic carbocycles. The molecule has 102 valence electrons. The average Bonchev–Trinajstić information content (AvgIpc) is 2.80. The largest absolute Gasteiger partial charge is 0.332 e. The second-order valence-corrected chi connectivity index (χ2v) is 5.90. The Morgan fingerprint density at radius 3 is 2.47 bits per heavy atom. The van der Waals surface area contributed by atoms with Crippen molar-refractivity contribution in [1.82, 2.24) is 9.80 Å². The van der Waals surface area contributed by atoms with Gasteiger partial charge in [-0.3, -0.25) is 14.4 Å². The molecule has 0 N–H and O–H groups in total. The van der Waals surface area contributed by atoms with Crippen LogP contribution in [0, 0.1) is 0 Å². The van der Waals surface area contributed by atoms with E-state index in [-0.39, 0.29) is 37.2 Å². The number of hydrogen-bond acceptors (Lipinski definition) is 4. The summed E-state index contributed by atoms with van der Waals surface area (Å²) in [4.78, 5) is 38.8. The summed E-state index contributed by atoms with van der Waals surface area (Å²) in [5.41, 5.74) is 0. The summed E-state index contributed by atoms with van der Waals surface area (Å²) < 4.78 is 0.529. The van der Waals surface area contributed by atoms with E-state index in [1.54, 1.807) is 12.1 Å². The van der Waals surface area contributed by atoms with E-state index in [4.69, 9.17) is 11.6 Å². The highest BCUT2D eigenvalue weighted by Gasteiger charge is 2.30. The highest BCUT2D eigenvalue weighted by Crippen LogP contribution is 2.22. The number of carbonyl (C=O) groups excluding carboxylic acids is 3. The summed E-state index contributed by atoms with van der Waals surface area (Å²) >= 11 is 6.94. The fourth-order valence-electron chi connectivity index (χ4n) is 1.85. The first-order valence-corrected chi connectivity index (χ1v) is 7.04. The van der Waals surface area contributed by atoms with Gasteiger partial charge in [0.1, 0.15) is 6.54 Å². The first-order chi connectivity index (χ1) is 9.01. The molecule has 1 aliphatic heterocycles. The third kappa shape index (κ3) is 3.13. The zero-order valence-corrected chi connectivity index (χ0v) is 12.0. The number of amides is 2. The minimum absolute atomic E-state index is 0.0302. The lowest BCUT2D eigenvalue weighted by Gasteiger charge is -2.32. The molecule has 0 saturated carbocycles. The molecule has 2 rings (SSSR count). The topological polar surface area (TPSA) is 57.7 Å². The molecule has 0 aromatic carbocycles. The van der Waals surface area contributed by atoms with Crippen LogP contribution in [0.25, 0.3) is 0 Å². The second kappa shape index (κ2) is 5.71. The van der Waals surface area contributed by atoms with E-state index in [1.165, 1.54) is 21.1 Å². The molecule has 1 aromatic rings. The maximum atomic E-state index is 12.0. The second-order valence-electron chi connectivity index (χ2n) is 4.18. The van der Waals surface area contributed by atoms with E-state index in [0.29, 0.717) is 15.8 Å². The van der Waals surface area contributed by atoms with Crippen molar-refractivity contribution in [1.29, 1.82) is 0 Å². The number of hydrogen-bond donors (Lipinski definition) is 0. The van der Waals surface area contributed by atoms with Crippen LogP contribution in [0.2, 0.25) is 4.34 Å². The van der Waals surface area contributed by atoms with Crippen LogP contribution < -0.4 is 0 Å². The molecule has 1 fully saturated rings. The van der Waals surface area contributed by atoms with E-state index < -0.39 is 0 Å². The van der Waals surface area contributed by atoms with Gasteiger partial charge in [0, 0.05) is 6.54 Å². The molecule has 19 heavy (non-hydrogen) atoms. The number of ketones is 1. The molecule has 5 nitrogen and oxygen atoms in total. The van der Waals surface area contributed by atoms with Crippen LogP contribution in [0.4, 0.5) is 0 Å². The molecular weight excluding hydrogens is 288 g/mol. The van der Waals surface area contributed by atoms with Crippen molar-refractivity contribution in [3.05, 3.63) is 21.3 Å².